The SMILES string of the molecule is CC(=O)N1CCC(C(=O)N2CC[C@@H](N(C)C(=O)c3ccc(N4CCS(O)(O)CC4)cc3)[C@H](c3ccc(Cl)c(Cl)c3)C2)CC1. The lowest BCUT2D eigenvalue weighted by molar-refractivity contribution is -0.141. The summed E-state index contributed by atoms with van der Waals surface area (Å²) >= 11 is 12.6. The lowest BCUT2D eigenvalue weighted by atomic mass is 9.83. The fourth-order valence-corrected chi connectivity index (χ4v) is 8.06. The van der Waals surface area contributed by atoms with Crippen molar-refractivity contribution in [1.82, 2.24) is 14.7 Å². The number of rotatable bonds is 5. The topological polar surface area (TPSA) is 105 Å². The zero-order chi connectivity index (χ0) is 30.9. The minimum Gasteiger partial charge on any atom is -0.368 e. The smallest absolute Gasteiger partial charge is 0.253 e. The van der Waals surface area contributed by atoms with E-state index in [0.717, 1.165) is 11.3 Å². The maximum atomic E-state index is 13.8. The Labute approximate surface area is 265 Å². The molecule has 2 aromatic rings. The normalized spacial score (nSPS) is 23.5. The number of likely N-dealkylation sites (N-methyl/N-ethyl adjacent to an activating group) is 1. The van der Waals surface area contributed by atoms with Gasteiger partial charge >= 0.3 is 0 Å². The van der Waals surface area contributed by atoms with Crippen molar-refractivity contribution < 1.29 is 23.5 Å². The van der Waals surface area contributed by atoms with Crippen LogP contribution in [-0.4, -0.2) is 105 Å². The van der Waals surface area contributed by atoms with Crippen LogP contribution in [0, 0.1) is 5.92 Å². The summed E-state index contributed by atoms with van der Waals surface area (Å²) in [6, 6.07) is 12.8. The van der Waals surface area contributed by atoms with E-state index in [1.807, 2.05) is 48.3 Å². The van der Waals surface area contributed by atoms with E-state index in [-0.39, 0.29) is 35.6 Å². The summed E-state index contributed by atoms with van der Waals surface area (Å²) < 4.78 is 19.9. The molecule has 2 N–H and O–H groups in total. The summed E-state index contributed by atoms with van der Waals surface area (Å²) in [6.45, 7) is 4.88. The van der Waals surface area contributed by atoms with Gasteiger partial charge in [0.25, 0.3) is 5.91 Å². The summed E-state index contributed by atoms with van der Waals surface area (Å²) in [5, 5.41) is 0.882. The molecule has 0 saturated carbocycles. The van der Waals surface area contributed by atoms with Crippen molar-refractivity contribution in [3.8, 4) is 0 Å². The maximum absolute atomic E-state index is 13.8. The number of nitrogens with zero attached hydrogens (tertiary/aromatic N) is 4. The van der Waals surface area contributed by atoms with Crippen molar-refractivity contribution in [2.45, 2.75) is 38.1 Å². The number of halogens is 2. The zero-order valence-electron chi connectivity index (χ0n) is 24.6. The van der Waals surface area contributed by atoms with E-state index in [4.69, 9.17) is 23.2 Å². The molecule has 3 heterocycles. The lowest BCUT2D eigenvalue weighted by Crippen LogP contribution is -2.53. The van der Waals surface area contributed by atoms with Crippen LogP contribution >= 0.6 is 33.8 Å². The van der Waals surface area contributed by atoms with E-state index >= 15 is 0 Å². The first-order valence-electron chi connectivity index (χ1n) is 14.8. The number of carbonyl (C=O) groups excluding carboxylic acids is 3. The van der Waals surface area contributed by atoms with Crippen molar-refractivity contribution in [3.63, 3.8) is 0 Å². The molecule has 3 saturated heterocycles. The summed E-state index contributed by atoms with van der Waals surface area (Å²) in [6.07, 6.45) is 1.93. The van der Waals surface area contributed by atoms with E-state index in [2.05, 4.69) is 4.90 Å². The van der Waals surface area contributed by atoms with E-state index < -0.39 is 10.6 Å². The van der Waals surface area contributed by atoms with Gasteiger partial charge in [0.2, 0.25) is 11.8 Å². The van der Waals surface area contributed by atoms with Crippen molar-refractivity contribution in [2.24, 2.45) is 5.92 Å². The van der Waals surface area contributed by atoms with Gasteiger partial charge in [0, 0.05) is 82.4 Å². The van der Waals surface area contributed by atoms with Gasteiger partial charge in [0.15, 0.2) is 0 Å². The molecule has 12 heteroatoms. The van der Waals surface area contributed by atoms with Crippen LogP contribution in [0.2, 0.25) is 10.0 Å². The van der Waals surface area contributed by atoms with E-state index in [1.165, 1.54) is 0 Å². The van der Waals surface area contributed by atoms with Crippen molar-refractivity contribution in [1.29, 1.82) is 0 Å². The molecule has 0 bridgehead atoms. The van der Waals surface area contributed by atoms with Crippen LogP contribution in [0.25, 0.3) is 0 Å². The molecule has 0 aromatic heterocycles. The molecular weight excluding hydrogens is 611 g/mol. The molecule has 5 rings (SSSR count). The predicted octanol–water partition coefficient (Wildman–Crippen LogP) is 5.28. The summed E-state index contributed by atoms with van der Waals surface area (Å²) in [5.41, 5.74) is 2.44. The molecule has 0 spiro atoms. The number of hydrogen-bond donors (Lipinski definition) is 2. The van der Waals surface area contributed by atoms with Gasteiger partial charge in [0.05, 0.1) is 21.6 Å². The number of hydrogen-bond acceptors (Lipinski definition) is 6. The van der Waals surface area contributed by atoms with E-state index in [1.54, 1.807) is 22.8 Å². The van der Waals surface area contributed by atoms with Crippen LogP contribution in [0.4, 0.5) is 5.69 Å². The number of likely N-dealkylation sites (tertiary alicyclic amines) is 2. The molecular formula is C31H40Cl2N4O5S. The van der Waals surface area contributed by atoms with Crippen LogP contribution in [0.3, 0.4) is 0 Å². The summed E-state index contributed by atoms with van der Waals surface area (Å²) in [4.78, 5) is 46.7. The Morgan fingerprint density at radius 1 is 0.860 bits per heavy atom. The van der Waals surface area contributed by atoms with Crippen LogP contribution in [-0.2, 0) is 9.59 Å². The second kappa shape index (κ2) is 13.2. The fraction of sp³-hybridized carbons (Fsp3) is 0.516. The van der Waals surface area contributed by atoms with Gasteiger partial charge in [-0.3, -0.25) is 23.5 Å². The average Bonchev–Trinajstić information content (AvgIpc) is 3.01. The minimum absolute atomic E-state index is 0.0422. The van der Waals surface area contributed by atoms with Gasteiger partial charge in [-0.05, 0) is 61.2 Å². The van der Waals surface area contributed by atoms with Crippen LogP contribution < -0.4 is 4.90 Å². The van der Waals surface area contributed by atoms with Gasteiger partial charge in [-0.2, -0.15) is 10.6 Å². The molecule has 43 heavy (non-hydrogen) atoms. The maximum Gasteiger partial charge on any atom is 0.253 e. The highest BCUT2D eigenvalue weighted by atomic mass is 35.5. The standard InChI is InChI=1S/C31H40Cl2N4O5S/c1-21(38)35-12-9-23(10-13-35)31(40)37-14-11-29(26(20-37)24-5-8-27(32)28(33)19-24)34(2)30(39)22-3-6-25(7-4-22)36-15-17-43(41,42)18-16-36/h3-8,19,23,26,29,41-42H,9-18,20H2,1-2H3/t26-,29+/m0/s1. The molecule has 9 nitrogen and oxygen atoms in total. The van der Waals surface area contributed by atoms with E-state index in [0.29, 0.717) is 85.6 Å². The minimum atomic E-state index is -2.48. The third kappa shape index (κ3) is 7.26. The molecule has 3 aliphatic heterocycles. The molecule has 3 aliphatic rings. The van der Waals surface area contributed by atoms with E-state index in [9.17, 15) is 23.5 Å². The summed E-state index contributed by atoms with van der Waals surface area (Å²) in [7, 11) is -0.665. The summed E-state index contributed by atoms with van der Waals surface area (Å²) in [5.74, 6) is 0.469. The third-order valence-corrected chi connectivity index (χ3v) is 11.6. The highest BCUT2D eigenvalue weighted by Crippen LogP contribution is 2.41. The first-order valence-corrected chi connectivity index (χ1v) is 17.4. The predicted molar refractivity (Wildman–Crippen MR) is 172 cm³/mol. The average molecular weight is 652 g/mol. The van der Waals surface area contributed by atoms with Gasteiger partial charge < -0.3 is 19.6 Å². The lowest BCUT2D eigenvalue weighted by Gasteiger charge is -2.44. The molecule has 0 aliphatic carbocycles. The molecule has 2 aromatic carbocycles. The molecule has 2 atom stereocenters. The quantitative estimate of drug-likeness (QED) is 0.456. The van der Waals surface area contributed by atoms with Crippen LogP contribution in [0.1, 0.15) is 48.0 Å². The first kappa shape index (κ1) is 31.9. The monoisotopic (exact) mass is 650 g/mol. The van der Waals surface area contributed by atoms with Crippen molar-refractivity contribution in [3.05, 3.63) is 63.6 Å². The highest BCUT2D eigenvalue weighted by molar-refractivity contribution is 8.24. The molecule has 234 valence electrons. The van der Waals surface area contributed by atoms with Gasteiger partial charge in [-0.1, -0.05) is 29.3 Å². The Hall–Kier alpha value is -2.50. The van der Waals surface area contributed by atoms with Crippen molar-refractivity contribution in [2.75, 3.05) is 62.7 Å². The molecule has 0 unspecified atom stereocenters. The second-order valence-electron chi connectivity index (χ2n) is 11.9. The first-order chi connectivity index (χ1) is 20.4. The Bertz CT molecular complexity index is 1340. The Balaban J connectivity index is 1.31. The number of carbonyl (C=O) groups is 3. The Kier molecular flexibility index (Phi) is 9.83. The Morgan fingerprint density at radius 2 is 1.49 bits per heavy atom. The second-order valence-corrected chi connectivity index (χ2v) is 15.1. The Morgan fingerprint density at radius 3 is 2.09 bits per heavy atom. The van der Waals surface area contributed by atoms with Crippen LogP contribution in [0.5, 0.6) is 0 Å². The fourth-order valence-electron chi connectivity index (χ4n) is 6.53. The zero-order valence-corrected chi connectivity index (χ0v) is 27.0. The van der Waals surface area contributed by atoms with Crippen LogP contribution in [0.15, 0.2) is 42.5 Å². The highest BCUT2D eigenvalue weighted by Gasteiger charge is 2.39. The number of benzene rings is 2. The largest absolute Gasteiger partial charge is 0.368 e. The molecule has 0 radical (unpaired) electrons. The molecule has 3 fully saturated rings. The molecule has 3 amide bonds. The number of amides is 3. The number of anilines is 1. The third-order valence-electron chi connectivity index (χ3n) is 9.22. The van der Waals surface area contributed by atoms with Gasteiger partial charge in [0.1, 0.15) is 0 Å². The van der Waals surface area contributed by atoms with Gasteiger partial charge in [-0.25, -0.2) is 0 Å². The van der Waals surface area contributed by atoms with Gasteiger partial charge in [-0.15, -0.1) is 0 Å². The number of piperidine rings is 2. The van der Waals surface area contributed by atoms with Crippen molar-refractivity contribution >= 4 is 57.2 Å².